The first kappa shape index (κ1) is 20.4. The normalized spacial score (nSPS) is 14.8. The molecule has 0 saturated carbocycles. The number of hydrogen-bond acceptors (Lipinski definition) is 5. The van der Waals surface area contributed by atoms with Crippen molar-refractivity contribution in [3.63, 3.8) is 0 Å². The fraction of sp³-hybridized carbons (Fsp3) is 0.240. The Morgan fingerprint density at radius 2 is 1.78 bits per heavy atom. The maximum Gasteiger partial charge on any atom is 0.253 e. The Balaban J connectivity index is 1.39. The molecule has 0 atom stereocenters. The van der Waals surface area contributed by atoms with Crippen LogP contribution in [-0.4, -0.2) is 69.2 Å². The lowest BCUT2D eigenvalue weighted by atomic mass is 10.0. The molecule has 7 heteroatoms. The number of aromatic amines is 1. The molecule has 2 aromatic carbocycles. The Morgan fingerprint density at radius 1 is 1.00 bits per heavy atom. The molecule has 7 nitrogen and oxygen atoms in total. The molecule has 0 spiro atoms. The number of fused-ring (bicyclic) bond motifs is 1. The summed E-state index contributed by atoms with van der Waals surface area (Å²) in [4.78, 5) is 21.6. The Morgan fingerprint density at radius 3 is 2.53 bits per heavy atom. The number of rotatable bonds is 4. The average molecular weight is 428 g/mol. The van der Waals surface area contributed by atoms with Crippen molar-refractivity contribution in [3.05, 3.63) is 71.8 Å². The molecular formula is C25H25N5O2. The number of pyridine rings is 1. The molecule has 5 rings (SSSR count). The molecule has 1 amide bonds. The van der Waals surface area contributed by atoms with Gasteiger partial charge in [-0.25, -0.2) is 4.98 Å². The molecule has 1 aliphatic rings. The van der Waals surface area contributed by atoms with Crippen LogP contribution in [0, 0.1) is 0 Å². The molecule has 0 aliphatic carbocycles. The van der Waals surface area contributed by atoms with Crippen LogP contribution in [0.15, 0.2) is 60.7 Å². The summed E-state index contributed by atoms with van der Waals surface area (Å²) in [6.45, 7) is 3.33. The van der Waals surface area contributed by atoms with Crippen molar-refractivity contribution in [1.29, 1.82) is 0 Å². The van der Waals surface area contributed by atoms with E-state index in [1.807, 2.05) is 65.6 Å². The zero-order valence-corrected chi connectivity index (χ0v) is 18.0. The summed E-state index contributed by atoms with van der Waals surface area (Å²) in [5.74, 6) is 0.0792. The maximum absolute atomic E-state index is 12.8. The highest BCUT2D eigenvalue weighted by atomic mass is 16.3. The number of amides is 1. The summed E-state index contributed by atoms with van der Waals surface area (Å²) in [7, 11) is 2.08. The topological polar surface area (TPSA) is 85.4 Å². The van der Waals surface area contributed by atoms with Gasteiger partial charge in [-0.05, 0) is 42.9 Å². The SMILES string of the molecule is CN1CCN(C(=O)c2ccc(-c3[nH]nc4nc(-c5cccc(CO)c5)ccc34)cc2)CC1. The number of aliphatic hydroxyl groups excluding tert-OH is 1. The largest absolute Gasteiger partial charge is 0.392 e. The van der Waals surface area contributed by atoms with Crippen LogP contribution in [0.4, 0.5) is 0 Å². The van der Waals surface area contributed by atoms with Crippen LogP contribution in [-0.2, 0) is 6.61 Å². The van der Waals surface area contributed by atoms with Gasteiger partial charge in [0.15, 0.2) is 5.65 Å². The molecule has 2 aromatic heterocycles. The molecule has 32 heavy (non-hydrogen) atoms. The molecule has 0 radical (unpaired) electrons. The fourth-order valence-electron chi connectivity index (χ4n) is 4.08. The number of aliphatic hydroxyl groups is 1. The van der Waals surface area contributed by atoms with E-state index in [2.05, 4.69) is 22.1 Å². The number of benzene rings is 2. The zero-order chi connectivity index (χ0) is 22.1. The van der Waals surface area contributed by atoms with Gasteiger partial charge in [0.25, 0.3) is 5.91 Å². The van der Waals surface area contributed by atoms with Crippen LogP contribution >= 0.6 is 0 Å². The zero-order valence-electron chi connectivity index (χ0n) is 18.0. The van der Waals surface area contributed by atoms with E-state index in [1.165, 1.54) is 0 Å². The summed E-state index contributed by atoms with van der Waals surface area (Å²) >= 11 is 0. The van der Waals surface area contributed by atoms with E-state index in [9.17, 15) is 9.90 Å². The van der Waals surface area contributed by atoms with Gasteiger partial charge in [-0.2, -0.15) is 5.10 Å². The van der Waals surface area contributed by atoms with Crippen molar-refractivity contribution in [3.8, 4) is 22.5 Å². The van der Waals surface area contributed by atoms with Gasteiger partial charge in [0.2, 0.25) is 0 Å². The highest BCUT2D eigenvalue weighted by molar-refractivity contribution is 5.96. The number of carbonyl (C=O) groups is 1. The number of hydrogen-bond donors (Lipinski definition) is 2. The number of nitrogens with one attached hydrogen (secondary N) is 1. The smallest absolute Gasteiger partial charge is 0.253 e. The van der Waals surface area contributed by atoms with Crippen molar-refractivity contribution in [1.82, 2.24) is 25.0 Å². The second kappa shape index (κ2) is 8.53. The van der Waals surface area contributed by atoms with E-state index < -0.39 is 0 Å². The minimum absolute atomic E-state index is 0.00402. The van der Waals surface area contributed by atoms with Crippen LogP contribution in [0.1, 0.15) is 15.9 Å². The molecule has 0 bridgehead atoms. The first-order chi connectivity index (χ1) is 15.6. The van der Waals surface area contributed by atoms with E-state index >= 15 is 0 Å². The molecule has 0 unspecified atom stereocenters. The molecule has 4 aromatic rings. The van der Waals surface area contributed by atoms with Crippen molar-refractivity contribution in [2.45, 2.75) is 6.61 Å². The average Bonchev–Trinajstić information content (AvgIpc) is 3.27. The van der Waals surface area contributed by atoms with Gasteiger partial charge in [0, 0.05) is 48.3 Å². The standard InChI is InChI=1S/C25H25N5O2/c1-29-11-13-30(14-12-29)25(32)19-7-5-18(6-8-19)23-21-9-10-22(26-24(21)28-27-23)20-4-2-3-17(15-20)16-31/h2-10,15,31H,11-14,16H2,1H3,(H,26,27,28). The van der Waals surface area contributed by atoms with Gasteiger partial charge in [0.05, 0.1) is 18.0 Å². The number of piperazine rings is 1. The van der Waals surface area contributed by atoms with Gasteiger partial charge >= 0.3 is 0 Å². The fourth-order valence-corrected chi connectivity index (χ4v) is 4.08. The number of H-pyrrole nitrogens is 1. The summed E-state index contributed by atoms with van der Waals surface area (Å²) in [5.41, 5.74) is 5.75. The van der Waals surface area contributed by atoms with Crippen molar-refractivity contribution in [2.75, 3.05) is 33.2 Å². The molecule has 1 saturated heterocycles. The monoisotopic (exact) mass is 427 g/mol. The second-order valence-corrected chi connectivity index (χ2v) is 8.20. The minimum atomic E-state index is -0.00402. The lowest BCUT2D eigenvalue weighted by molar-refractivity contribution is 0.0664. The second-order valence-electron chi connectivity index (χ2n) is 8.20. The Hall–Kier alpha value is -3.55. The van der Waals surface area contributed by atoms with E-state index in [0.717, 1.165) is 59.6 Å². The number of aromatic nitrogens is 3. The third kappa shape index (κ3) is 3.88. The number of carbonyl (C=O) groups excluding carboxylic acids is 1. The quantitative estimate of drug-likeness (QED) is 0.523. The number of nitrogens with zero attached hydrogens (tertiary/aromatic N) is 4. The number of likely N-dealkylation sites (N-methyl/N-ethyl adjacent to an activating group) is 1. The summed E-state index contributed by atoms with van der Waals surface area (Å²) < 4.78 is 0. The van der Waals surface area contributed by atoms with Crippen molar-refractivity contribution in [2.24, 2.45) is 0 Å². The van der Waals surface area contributed by atoms with Gasteiger partial charge in [-0.15, -0.1) is 0 Å². The lowest BCUT2D eigenvalue weighted by Crippen LogP contribution is -2.47. The third-order valence-electron chi connectivity index (χ3n) is 6.03. The van der Waals surface area contributed by atoms with Crippen LogP contribution in [0.25, 0.3) is 33.5 Å². The highest BCUT2D eigenvalue weighted by Gasteiger charge is 2.20. The van der Waals surface area contributed by atoms with Gasteiger partial charge in [0.1, 0.15) is 0 Å². The van der Waals surface area contributed by atoms with E-state index in [4.69, 9.17) is 4.98 Å². The Kier molecular flexibility index (Phi) is 5.43. The van der Waals surface area contributed by atoms with Crippen molar-refractivity contribution < 1.29 is 9.90 Å². The predicted molar refractivity (Wildman–Crippen MR) is 124 cm³/mol. The van der Waals surface area contributed by atoms with Crippen LogP contribution in [0.2, 0.25) is 0 Å². The van der Waals surface area contributed by atoms with Crippen LogP contribution in [0.3, 0.4) is 0 Å². The first-order valence-electron chi connectivity index (χ1n) is 10.8. The third-order valence-corrected chi connectivity index (χ3v) is 6.03. The molecule has 1 aliphatic heterocycles. The molecule has 2 N–H and O–H groups in total. The van der Waals surface area contributed by atoms with Crippen LogP contribution in [0.5, 0.6) is 0 Å². The van der Waals surface area contributed by atoms with Gasteiger partial charge < -0.3 is 14.9 Å². The molecule has 162 valence electrons. The lowest BCUT2D eigenvalue weighted by Gasteiger charge is -2.32. The minimum Gasteiger partial charge on any atom is -0.392 e. The Labute approximate surface area is 186 Å². The maximum atomic E-state index is 12.8. The van der Waals surface area contributed by atoms with Crippen molar-refractivity contribution >= 4 is 16.9 Å². The summed E-state index contributed by atoms with van der Waals surface area (Å²) in [6, 6.07) is 19.3. The molecule has 3 heterocycles. The predicted octanol–water partition coefficient (Wildman–Crippen LogP) is 3.17. The first-order valence-corrected chi connectivity index (χ1v) is 10.8. The highest BCUT2D eigenvalue weighted by Crippen LogP contribution is 2.28. The van der Waals surface area contributed by atoms with E-state index in [1.54, 1.807) is 0 Å². The van der Waals surface area contributed by atoms with E-state index in [0.29, 0.717) is 11.2 Å². The molecule has 1 fully saturated rings. The Bertz CT molecular complexity index is 1260. The van der Waals surface area contributed by atoms with E-state index in [-0.39, 0.29) is 12.5 Å². The summed E-state index contributed by atoms with van der Waals surface area (Å²) in [5, 5.41) is 17.8. The summed E-state index contributed by atoms with van der Waals surface area (Å²) in [6.07, 6.45) is 0. The van der Waals surface area contributed by atoms with Gasteiger partial charge in [-0.3, -0.25) is 9.89 Å². The molecular weight excluding hydrogens is 402 g/mol. The van der Waals surface area contributed by atoms with Gasteiger partial charge in [-0.1, -0.05) is 30.3 Å². The van der Waals surface area contributed by atoms with Crippen LogP contribution < -0.4 is 0 Å².